The topological polar surface area (TPSA) is 12.5 Å². The standard InChI is InChI=1S/C17H28O/c1-11-8-12(16(2,3)4)15(14-10-18-14)13(9-11)17(5,6)7/h8,13-14H,9-10H2,1-7H3/t13-,14?/m0/s1. The van der Waals surface area contributed by atoms with Gasteiger partial charge in [-0.3, -0.25) is 0 Å². The average Bonchev–Trinajstić information content (AvgIpc) is 2.96. The second kappa shape index (κ2) is 4.23. The summed E-state index contributed by atoms with van der Waals surface area (Å²) >= 11 is 0. The Morgan fingerprint density at radius 2 is 1.67 bits per heavy atom. The van der Waals surface area contributed by atoms with Crippen molar-refractivity contribution in [1.82, 2.24) is 0 Å². The molecule has 1 heteroatoms. The van der Waals surface area contributed by atoms with E-state index in [1.807, 2.05) is 0 Å². The van der Waals surface area contributed by atoms with E-state index in [-0.39, 0.29) is 5.41 Å². The van der Waals surface area contributed by atoms with Crippen LogP contribution in [0.5, 0.6) is 0 Å². The minimum atomic E-state index is 0.215. The maximum atomic E-state index is 5.65. The fraction of sp³-hybridized carbons (Fsp3) is 0.765. The number of ether oxygens (including phenoxy) is 1. The van der Waals surface area contributed by atoms with E-state index >= 15 is 0 Å². The summed E-state index contributed by atoms with van der Waals surface area (Å²) in [4.78, 5) is 0. The molecule has 0 bridgehead atoms. The van der Waals surface area contributed by atoms with Crippen LogP contribution in [0.3, 0.4) is 0 Å². The Labute approximate surface area is 112 Å². The highest BCUT2D eigenvalue weighted by Crippen LogP contribution is 2.49. The molecule has 1 aliphatic heterocycles. The van der Waals surface area contributed by atoms with Crippen molar-refractivity contribution in [2.45, 2.75) is 61.0 Å². The van der Waals surface area contributed by atoms with Crippen LogP contribution in [0.4, 0.5) is 0 Å². The molecule has 0 spiro atoms. The van der Waals surface area contributed by atoms with E-state index in [0.29, 0.717) is 17.4 Å². The first-order valence-electron chi connectivity index (χ1n) is 7.14. The maximum absolute atomic E-state index is 5.65. The molecule has 1 saturated heterocycles. The van der Waals surface area contributed by atoms with Crippen molar-refractivity contribution in [2.24, 2.45) is 16.7 Å². The Morgan fingerprint density at radius 1 is 1.11 bits per heavy atom. The van der Waals surface area contributed by atoms with E-state index in [2.05, 4.69) is 54.5 Å². The number of epoxide rings is 1. The summed E-state index contributed by atoms with van der Waals surface area (Å²) in [5.74, 6) is 0.629. The molecule has 0 aromatic carbocycles. The minimum Gasteiger partial charge on any atom is -0.368 e. The number of rotatable bonds is 1. The summed E-state index contributed by atoms with van der Waals surface area (Å²) in [7, 11) is 0. The number of allylic oxidation sites excluding steroid dienone is 3. The Morgan fingerprint density at radius 3 is 2.06 bits per heavy atom. The first-order valence-corrected chi connectivity index (χ1v) is 7.14. The summed E-state index contributed by atoms with van der Waals surface area (Å²) in [6.45, 7) is 17.2. The lowest BCUT2D eigenvalue weighted by molar-refractivity contribution is 0.251. The quantitative estimate of drug-likeness (QED) is 0.611. The lowest BCUT2D eigenvalue weighted by Crippen LogP contribution is -2.30. The minimum absolute atomic E-state index is 0.215. The van der Waals surface area contributed by atoms with E-state index < -0.39 is 0 Å². The average molecular weight is 248 g/mol. The van der Waals surface area contributed by atoms with Crippen LogP contribution < -0.4 is 0 Å². The van der Waals surface area contributed by atoms with Crippen molar-refractivity contribution in [3.63, 3.8) is 0 Å². The predicted octanol–water partition coefficient (Wildman–Crippen LogP) is 4.74. The summed E-state index contributed by atoms with van der Waals surface area (Å²) in [6.07, 6.45) is 4.00. The highest BCUT2D eigenvalue weighted by atomic mass is 16.6. The Hall–Kier alpha value is -0.560. The second-order valence-corrected chi connectivity index (χ2v) is 8.05. The largest absolute Gasteiger partial charge is 0.368 e. The van der Waals surface area contributed by atoms with Crippen LogP contribution in [-0.2, 0) is 4.74 Å². The third-order valence-electron chi connectivity index (χ3n) is 4.14. The first-order chi connectivity index (χ1) is 8.10. The molecular weight excluding hydrogens is 220 g/mol. The van der Waals surface area contributed by atoms with E-state index in [9.17, 15) is 0 Å². The molecule has 1 aliphatic carbocycles. The normalized spacial score (nSPS) is 29.4. The van der Waals surface area contributed by atoms with Crippen molar-refractivity contribution in [2.75, 3.05) is 6.61 Å². The molecule has 0 aromatic heterocycles. The molecule has 1 heterocycles. The maximum Gasteiger partial charge on any atom is 0.103 e. The molecule has 0 saturated carbocycles. The van der Waals surface area contributed by atoms with Crippen molar-refractivity contribution < 1.29 is 4.74 Å². The van der Waals surface area contributed by atoms with Gasteiger partial charge in [-0.2, -0.15) is 0 Å². The van der Waals surface area contributed by atoms with Crippen LogP contribution in [-0.4, -0.2) is 12.7 Å². The fourth-order valence-corrected chi connectivity index (χ4v) is 3.06. The Bertz CT molecular complexity index is 394. The third-order valence-corrected chi connectivity index (χ3v) is 4.14. The van der Waals surface area contributed by atoms with Gasteiger partial charge in [0.1, 0.15) is 6.10 Å². The smallest absolute Gasteiger partial charge is 0.103 e. The fourth-order valence-electron chi connectivity index (χ4n) is 3.06. The summed E-state index contributed by atoms with van der Waals surface area (Å²) in [6, 6.07) is 0. The molecule has 0 amide bonds. The molecule has 2 rings (SSSR count). The van der Waals surface area contributed by atoms with Crippen LogP contribution in [0.15, 0.2) is 22.8 Å². The predicted molar refractivity (Wildman–Crippen MR) is 77.5 cm³/mol. The van der Waals surface area contributed by atoms with E-state index in [0.717, 1.165) is 6.61 Å². The molecule has 0 N–H and O–H groups in total. The van der Waals surface area contributed by atoms with E-state index in [1.165, 1.54) is 17.6 Å². The molecular formula is C17H28O. The van der Waals surface area contributed by atoms with Gasteiger partial charge in [0.2, 0.25) is 0 Å². The van der Waals surface area contributed by atoms with Crippen LogP contribution in [0.1, 0.15) is 54.9 Å². The SMILES string of the molecule is CC1=CC(C(C)(C)C)=C(C2CO2)[C@@H](C(C)(C)C)C1. The van der Waals surface area contributed by atoms with Gasteiger partial charge >= 0.3 is 0 Å². The van der Waals surface area contributed by atoms with Gasteiger partial charge in [-0.15, -0.1) is 0 Å². The molecule has 1 nitrogen and oxygen atoms in total. The zero-order valence-corrected chi connectivity index (χ0v) is 13.1. The van der Waals surface area contributed by atoms with Gasteiger partial charge in [-0.25, -0.2) is 0 Å². The molecule has 102 valence electrons. The summed E-state index contributed by atoms with van der Waals surface area (Å²) < 4.78 is 5.65. The van der Waals surface area contributed by atoms with Crippen LogP contribution in [0.25, 0.3) is 0 Å². The van der Waals surface area contributed by atoms with Crippen LogP contribution in [0, 0.1) is 16.7 Å². The van der Waals surface area contributed by atoms with E-state index in [4.69, 9.17) is 4.74 Å². The van der Waals surface area contributed by atoms with Crippen molar-refractivity contribution >= 4 is 0 Å². The monoisotopic (exact) mass is 248 g/mol. The molecule has 2 atom stereocenters. The Balaban J connectivity index is 2.52. The highest BCUT2D eigenvalue weighted by Gasteiger charge is 2.42. The lowest BCUT2D eigenvalue weighted by Gasteiger charge is -2.39. The highest BCUT2D eigenvalue weighted by molar-refractivity contribution is 5.42. The van der Waals surface area contributed by atoms with Crippen LogP contribution in [0.2, 0.25) is 0 Å². The Kier molecular flexibility index (Phi) is 3.26. The molecule has 0 aromatic rings. The second-order valence-electron chi connectivity index (χ2n) is 8.05. The molecule has 0 radical (unpaired) electrons. The zero-order chi connectivity index (χ0) is 13.7. The molecule has 1 fully saturated rings. The number of hydrogen-bond donors (Lipinski definition) is 0. The van der Waals surface area contributed by atoms with Gasteiger partial charge in [0.15, 0.2) is 0 Å². The van der Waals surface area contributed by atoms with Gasteiger partial charge in [-0.1, -0.05) is 53.2 Å². The van der Waals surface area contributed by atoms with Crippen molar-refractivity contribution in [3.05, 3.63) is 22.8 Å². The van der Waals surface area contributed by atoms with Crippen molar-refractivity contribution in [1.29, 1.82) is 0 Å². The van der Waals surface area contributed by atoms with Gasteiger partial charge in [0.05, 0.1) is 6.61 Å². The lowest BCUT2D eigenvalue weighted by atomic mass is 9.65. The third kappa shape index (κ3) is 2.71. The zero-order valence-electron chi connectivity index (χ0n) is 13.1. The van der Waals surface area contributed by atoms with Crippen molar-refractivity contribution in [3.8, 4) is 0 Å². The molecule has 18 heavy (non-hydrogen) atoms. The number of hydrogen-bond acceptors (Lipinski definition) is 1. The first kappa shape index (κ1) is 13.9. The van der Waals surface area contributed by atoms with Gasteiger partial charge in [-0.05, 0) is 41.2 Å². The van der Waals surface area contributed by atoms with Gasteiger partial charge in [0, 0.05) is 0 Å². The molecule has 1 unspecified atom stereocenters. The van der Waals surface area contributed by atoms with Crippen LogP contribution >= 0.6 is 0 Å². The molecule has 2 aliphatic rings. The summed E-state index contributed by atoms with van der Waals surface area (Å²) in [5.41, 5.74) is 5.15. The van der Waals surface area contributed by atoms with Gasteiger partial charge in [0.25, 0.3) is 0 Å². The summed E-state index contributed by atoms with van der Waals surface area (Å²) in [5, 5.41) is 0. The van der Waals surface area contributed by atoms with E-state index in [1.54, 1.807) is 5.57 Å². The van der Waals surface area contributed by atoms with Gasteiger partial charge < -0.3 is 4.74 Å².